The van der Waals surface area contributed by atoms with Gasteiger partial charge in [-0.1, -0.05) is 0 Å². The van der Waals surface area contributed by atoms with Crippen molar-refractivity contribution < 1.29 is 0 Å². The van der Waals surface area contributed by atoms with E-state index < -0.39 is 0 Å². The molecular weight excluding hydrogens is 268 g/mol. The number of hydrogen-bond donors (Lipinski definition) is 0. The normalized spacial score (nSPS) is 26.8. The van der Waals surface area contributed by atoms with Crippen LogP contribution in [0, 0.1) is 5.92 Å². The van der Waals surface area contributed by atoms with E-state index >= 15 is 0 Å². The highest BCUT2D eigenvalue weighted by Crippen LogP contribution is 2.29. The van der Waals surface area contributed by atoms with Crippen LogP contribution in [-0.4, -0.2) is 59.1 Å². The fraction of sp³-hybridized carbons (Fsp3) is 0.733. The van der Waals surface area contributed by atoms with E-state index in [2.05, 4.69) is 26.0 Å². The highest BCUT2D eigenvalue weighted by Gasteiger charge is 2.34. The summed E-state index contributed by atoms with van der Waals surface area (Å²) in [5.41, 5.74) is 0. The number of thioether (sulfide) groups is 1. The van der Waals surface area contributed by atoms with E-state index in [9.17, 15) is 0 Å². The van der Waals surface area contributed by atoms with Gasteiger partial charge in [0, 0.05) is 38.1 Å². The van der Waals surface area contributed by atoms with Crippen molar-refractivity contribution in [2.45, 2.75) is 25.3 Å². The van der Waals surface area contributed by atoms with Crippen molar-refractivity contribution in [1.82, 2.24) is 14.9 Å². The summed E-state index contributed by atoms with van der Waals surface area (Å²) in [6.45, 7) is 4.80. The summed E-state index contributed by atoms with van der Waals surface area (Å²) in [5, 5.41) is 0. The van der Waals surface area contributed by atoms with Gasteiger partial charge in [-0.05, 0) is 43.7 Å². The van der Waals surface area contributed by atoms with Gasteiger partial charge in [-0.2, -0.15) is 11.8 Å². The maximum absolute atomic E-state index is 4.48. The smallest absolute Gasteiger partial charge is 0.147 e. The molecular formula is C15H24N4S. The summed E-state index contributed by atoms with van der Waals surface area (Å²) < 4.78 is 0. The van der Waals surface area contributed by atoms with Crippen molar-refractivity contribution in [3.05, 3.63) is 18.6 Å². The molecule has 0 amide bonds. The van der Waals surface area contributed by atoms with Gasteiger partial charge >= 0.3 is 0 Å². The van der Waals surface area contributed by atoms with Crippen molar-refractivity contribution >= 4 is 17.6 Å². The Hall–Kier alpha value is -0.810. The first-order valence-electron chi connectivity index (χ1n) is 7.61. The predicted octanol–water partition coefficient (Wildman–Crippen LogP) is 2.13. The summed E-state index contributed by atoms with van der Waals surface area (Å²) >= 11 is 1.96. The van der Waals surface area contributed by atoms with Crippen molar-refractivity contribution in [2.24, 2.45) is 5.92 Å². The van der Waals surface area contributed by atoms with E-state index in [0.717, 1.165) is 24.8 Å². The summed E-state index contributed by atoms with van der Waals surface area (Å²) in [6, 6.07) is 0.706. The molecule has 3 saturated heterocycles. The van der Waals surface area contributed by atoms with Gasteiger partial charge in [0.15, 0.2) is 0 Å². The Kier molecular flexibility index (Phi) is 4.78. The van der Waals surface area contributed by atoms with Crippen LogP contribution < -0.4 is 4.90 Å². The lowest BCUT2D eigenvalue weighted by Gasteiger charge is -2.36. The highest BCUT2D eigenvalue weighted by molar-refractivity contribution is 7.98. The van der Waals surface area contributed by atoms with Crippen molar-refractivity contribution in [3.63, 3.8) is 0 Å². The minimum absolute atomic E-state index is 0.706. The minimum Gasteiger partial charge on any atom is -0.353 e. The van der Waals surface area contributed by atoms with Crippen molar-refractivity contribution in [3.8, 4) is 0 Å². The number of aromatic nitrogens is 2. The molecule has 2 bridgehead atoms. The third kappa shape index (κ3) is 3.26. The molecule has 3 aliphatic heterocycles. The summed E-state index contributed by atoms with van der Waals surface area (Å²) in [7, 11) is 0. The van der Waals surface area contributed by atoms with Gasteiger partial charge in [0.2, 0.25) is 0 Å². The number of fused-ring (bicyclic) bond motifs is 4. The molecule has 4 heterocycles. The van der Waals surface area contributed by atoms with Gasteiger partial charge in [-0.25, -0.2) is 4.98 Å². The van der Waals surface area contributed by atoms with Crippen LogP contribution in [0.5, 0.6) is 0 Å². The topological polar surface area (TPSA) is 32.3 Å². The SMILES string of the molecule is CSCCCN1C[C@H]2CC[C@@H]1CN(c1cnccn1)C2. The molecule has 3 aliphatic rings. The van der Waals surface area contributed by atoms with E-state index in [4.69, 9.17) is 0 Å². The fourth-order valence-electron chi connectivity index (χ4n) is 3.51. The Bertz CT molecular complexity index is 414. The molecule has 5 heteroatoms. The van der Waals surface area contributed by atoms with Gasteiger partial charge in [-0.3, -0.25) is 9.88 Å². The number of rotatable bonds is 5. The Morgan fingerprint density at radius 3 is 3.00 bits per heavy atom. The Morgan fingerprint density at radius 1 is 1.25 bits per heavy atom. The summed E-state index contributed by atoms with van der Waals surface area (Å²) in [5.74, 6) is 3.13. The molecule has 4 nitrogen and oxygen atoms in total. The van der Waals surface area contributed by atoms with Gasteiger partial charge in [0.05, 0.1) is 6.20 Å². The molecule has 3 fully saturated rings. The Balaban J connectivity index is 1.66. The number of piperidine rings is 1. The predicted molar refractivity (Wildman–Crippen MR) is 85.3 cm³/mol. The average molecular weight is 292 g/mol. The van der Waals surface area contributed by atoms with Crippen molar-refractivity contribution in [1.29, 1.82) is 0 Å². The first kappa shape index (κ1) is 14.1. The molecule has 0 N–H and O–H groups in total. The second-order valence-corrected chi connectivity index (χ2v) is 6.89. The molecule has 0 aliphatic carbocycles. The van der Waals surface area contributed by atoms with Gasteiger partial charge < -0.3 is 4.90 Å². The minimum atomic E-state index is 0.706. The zero-order valence-corrected chi connectivity index (χ0v) is 13.1. The first-order chi connectivity index (χ1) is 9.86. The highest BCUT2D eigenvalue weighted by atomic mass is 32.2. The maximum atomic E-state index is 4.48. The van der Waals surface area contributed by atoms with E-state index in [0.29, 0.717) is 6.04 Å². The lowest BCUT2D eigenvalue weighted by Crippen LogP contribution is -2.44. The summed E-state index contributed by atoms with van der Waals surface area (Å²) in [4.78, 5) is 13.9. The molecule has 20 heavy (non-hydrogen) atoms. The van der Waals surface area contributed by atoms with Crippen molar-refractivity contribution in [2.75, 3.05) is 43.1 Å². The Labute approximate surface area is 126 Å². The monoisotopic (exact) mass is 292 g/mol. The first-order valence-corrected chi connectivity index (χ1v) is 9.00. The molecule has 0 aromatic carbocycles. The number of anilines is 1. The molecule has 0 radical (unpaired) electrons. The maximum Gasteiger partial charge on any atom is 0.147 e. The molecule has 1 aromatic rings. The van der Waals surface area contributed by atoms with Gasteiger partial charge in [0.1, 0.15) is 5.82 Å². The zero-order chi connectivity index (χ0) is 13.8. The second kappa shape index (κ2) is 6.76. The molecule has 110 valence electrons. The van der Waals surface area contributed by atoms with Crippen LogP contribution in [0.25, 0.3) is 0 Å². The lowest BCUT2D eigenvalue weighted by molar-refractivity contribution is 0.135. The zero-order valence-electron chi connectivity index (χ0n) is 12.2. The van der Waals surface area contributed by atoms with E-state index in [1.165, 1.54) is 38.1 Å². The van der Waals surface area contributed by atoms with Crippen LogP contribution in [0.2, 0.25) is 0 Å². The van der Waals surface area contributed by atoms with Gasteiger partial charge in [0.25, 0.3) is 0 Å². The average Bonchev–Trinajstić information content (AvgIpc) is 2.80. The standard InChI is InChI=1S/C15H24N4S/c1-20-8-2-7-18-10-13-3-4-14(18)12-19(11-13)15-9-16-5-6-17-15/h5-6,9,13-14H,2-4,7-8,10-12H2,1H3/t13-,14-/m1/s1. The number of nitrogens with zero attached hydrogens (tertiary/aromatic N) is 4. The van der Waals surface area contributed by atoms with Crippen LogP contribution in [0.3, 0.4) is 0 Å². The fourth-order valence-corrected chi connectivity index (χ4v) is 3.92. The third-order valence-corrected chi connectivity index (χ3v) is 5.19. The molecule has 0 saturated carbocycles. The second-order valence-electron chi connectivity index (χ2n) is 5.91. The Morgan fingerprint density at radius 2 is 2.20 bits per heavy atom. The van der Waals surface area contributed by atoms with Crippen LogP contribution in [0.1, 0.15) is 19.3 Å². The van der Waals surface area contributed by atoms with Crippen LogP contribution >= 0.6 is 11.8 Å². The summed E-state index contributed by atoms with van der Waals surface area (Å²) in [6.07, 6.45) is 11.7. The van der Waals surface area contributed by atoms with Crippen LogP contribution in [0.15, 0.2) is 18.6 Å². The van der Waals surface area contributed by atoms with Gasteiger partial charge in [-0.15, -0.1) is 0 Å². The van der Waals surface area contributed by atoms with E-state index in [1.54, 1.807) is 12.4 Å². The third-order valence-electron chi connectivity index (χ3n) is 4.49. The van der Waals surface area contributed by atoms with Crippen LogP contribution in [0.4, 0.5) is 5.82 Å². The molecule has 1 aromatic heterocycles. The molecule has 4 rings (SSSR count). The molecule has 0 spiro atoms. The van der Waals surface area contributed by atoms with Crippen LogP contribution in [-0.2, 0) is 0 Å². The van der Waals surface area contributed by atoms with E-state index in [1.807, 2.05) is 18.0 Å². The van der Waals surface area contributed by atoms with E-state index in [-0.39, 0.29) is 0 Å². The largest absolute Gasteiger partial charge is 0.353 e. The molecule has 0 unspecified atom stereocenters. The molecule has 2 atom stereocenters. The number of hydrogen-bond acceptors (Lipinski definition) is 5. The quantitative estimate of drug-likeness (QED) is 0.776. The lowest BCUT2D eigenvalue weighted by atomic mass is 9.95.